The summed E-state index contributed by atoms with van der Waals surface area (Å²) in [5.74, 6) is 0.468. The Hall–Kier alpha value is -1.55. The number of benzene rings is 1. The van der Waals surface area contributed by atoms with Crippen molar-refractivity contribution in [3.05, 3.63) is 24.3 Å². The molecule has 2 N–H and O–H groups in total. The summed E-state index contributed by atoms with van der Waals surface area (Å²) >= 11 is 0. The van der Waals surface area contributed by atoms with Gasteiger partial charge in [0.15, 0.2) is 5.58 Å². The Bertz CT molecular complexity index is 442. The van der Waals surface area contributed by atoms with Gasteiger partial charge in [0, 0.05) is 13.2 Å². The van der Waals surface area contributed by atoms with Crippen LogP contribution in [0.4, 0.5) is 6.01 Å². The molecule has 1 atom stereocenters. The number of nitrogens with one attached hydrogen (secondary N) is 1. The number of nitrogens with zero attached hydrogens (tertiary/aromatic N) is 1. The smallest absolute Gasteiger partial charge is 0.295 e. The van der Waals surface area contributed by atoms with Crippen LogP contribution in [0.1, 0.15) is 26.2 Å². The van der Waals surface area contributed by atoms with Crippen molar-refractivity contribution in [1.29, 1.82) is 0 Å². The lowest BCUT2D eigenvalue weighted by Gasteiger charge is -2.14. The van der Waals surface area contributed by atoms with Crippen LogP contribution in [0.5, 0.6) is 0 Å². The quantitative estimate of drug-likeness (QED) is 0.790. The van der Waals surface area contributed by atoms with E-state index in [1.165, 1.54) is 0 Å². The average molecular weight is 248 g/mol. The van der Waals surface area contributed by atoms with Gasteiger partial charge in [0.2, 0.25) is 0 Å². The van der Waals surface area contributed by atoms with E-state index in [1.54, 1.807) is 0 Å². The third-order valence-electron chi connectivity index (χ3n) is 3.07. The fourth-order valence-corrected chi connectivity index (χ4v) is 2.12. The molecule has 0 spiro atoms. The van der Waals surface area contributed by atoms with Gasteiger partial charge in [0.05, 0.1) is 0 Å². The van der Waals surface area contributed by atoms with E-state index in [9.17, 15) is 0 Å². The van der Waals surface area contributed by atoms with E-state index in [0.717, 1.165) is 36.9 Å². The highest BCUT2D eigenvalue weighted by atomic mass is 16.4. The Balaban J connectivity index is 1.95. The van der Waals surface area contributed by atoms with Crippen LogP contribution in [-0.2, 0) is 0 Å². The van der Waals surface area contributed by atoms with Crippen LogP contribution in [-0.4, -0.2) is 23.2 Å². The summed E-state index contributed by atoms with van der Waals surface area (Å²) in [7, 11) is 0. The Morgan fingerprint density at radius 2 is 2.17 bits per heavy atom. The summed E-state index contributed by atoms with van der Waals surface area (Å²) in [6.07, 6.45) is 3.05. The third-order valence-corrected chi connectivity index (χ3v) is 3.07. The van der Waals surface area contributed by atoms with Gasteiger partial charge in [-0.25, -0.2) is 0 Å². The molecule has 1 aromatic heterocycles. The van der Waals surface area contributed by atoms with Crippen LogP contribution in [0.15, 0.2) is 28.7 Å². The van der Waals surface area contributed by atoms with E-state index >= 15 is 0 Å². The molecule has 0 aliphatic heterocycles. The number of aliphatic hydroxyl groups excluding tert-OH is 1. The molecule has 0 aliphatic rings. The maximum Gasteiger partial charge on any atom is 0.295 e. The van der Waals surface area contributed by atoms with E-state index in [0.29, 0.717) is 11.9 Å². The second-order valence-corrected chi connectivity index (χ2v) is 4.53. The van der Waals surface area contributed by atoms with Gasteiger partial charge in [-0.15, -0.1) is 0 Å². The molecular formula is C14H20N2O2. The molecule has 1 heterocycles. The minimum atomic E-state index is 0.236. The molecule has 0 radical (unpaired) electrons. The van der Waals surface area contributed by atoms with Crippen LogP contribution in [0.25, 0.3) is 11.1 Å². The van der Waals surface area contributed by atoms with Crippen molar-refractivity contribution in [3.8, 4) is 0 Å². The van der Waals surface area contributed by atoms with Crippen molar-refractivity contribution in [2.24, 2.45) is 5.92 Å². The molecule has 4 nitrogen and oxygen atoms in total. The maximum atomic E-state index is 9.01. The number of fused-ring (bicyclic) bond motifs is 1. The van der Waals surface area contributed by atoms with Crippen LogP contribution in [0.2, 0.25) is 0 Å². The van der Waals surface area contributed by atoms with Crippen molar-refractivity contribution >= 4 is 17.1 Å². The Morgan fingerprint density at radius 3 is 2.89 bits per heavy atom. The highest BCUT2D eigenvalue weighted by molar-refractivity contribution is 5.74. The zero-order chi connectivity index (χ0) is 12.8. The summed E-state index contributed by atoms with van der Waals surface area (Å²) < 4.78 is 5.59. The summed E-state index contributed by atoms with van der Waals surface area (Å²) in [4.78, 5) is 4.36. The first-order chi connectivity index (χ1) is 8.83. The van der Waals surface area contributed by atoms with Crippen LogP contribution >= 0.6 is 0 Å². The number of oxazole rings is 1. The summed E-state index contributed by atoms with van der Waals surface area (Å²) in [5.41, 5.74) is 1.67. The van der Waals surface area contributed by atoms with Crippen molar-refractivity contribution in [2.75, 3.05) is 18.5 Å². The fraction of sp³-hybridized carbons (Fsp3) is 0.500. The SMILES string of the molecule is CCCC(CCO)CNc1nc2ccccc2o1. The highest BCUT2D eigenvalue weighted by Gasteiger charge is 2.09. The number of hydrogen-bond donors (Lipinski definition) is 2. The lowest BCUT2D eigenvalue weighted by molar-refractivity contribution is 0.255. The van der Waals surface area contributed by atoms with Crippen molar-refractivity contribution in [3.63, 3.8) is 0 Å². The molecule has 0 saturated heterocycles. The van der Waals surface area contributed by atoms with Gasteiger partial charge in [-0.05, 0) is 30.9 Å². The number of anilines is 1. The number of para-hydroxylation sites is 2. The molecule has 4 heteroatoms. The molecule has 98 valence electrons. The molecule has 0 aliphatic carbocycles. The molecule has 0 bridgehead atoms. The van der Waals surface area contributed by atoms with Crippen LogP contribution in [0.3, 0.4) is 0 Å². The average Bonchev–Trinajstić information content (AvgIpc) is 2.79. The second kappa shape index (κ2) is 6.40. The molecule has 2 rings (SSSR count). The van der Waals surface area contributed by atoms with Gasteiger partial charge in [0.25, 0.3) is 6.01 Å². The minimum absolute atomic E-state index is 0.236. The van der Waals surface area contributed by atoms with E-state index in [-0.39, 0.29) is 6.61 Å². The van der Waals surface area contributed by atoms with Crippen molar-refractivity contribution in [2.45, 2.75) is 26.2 Å². The van der Waals surface area contributed by atoms with Crippen LogP contribution < -0.4 is 5.32 Å². The van der Waals surface area contributed by atoms with E-state index in [2.05, 4.69) is 17.2 Å². The topological polar surface area (TPSA) is 58.3 Å². The monoisotopic (exact) mass is 248 g/mol. The molecule has 2 aromatic rings. The van der Waals surface area contributed by atoms with Crippen LogP contribution in [0, 0.1) is 5.92 Å². The lowest BCUT2D eigenvalue weighted by Crippen LogP contribution is -2.15. The number of hydrogen-bond acceptors (Lipinski definition) is 4. The largest absolute Gasteiger partial charge is 0.424 e. The van der Waals surface area contributed by atoms with E-state index < -0.39 is 0 Å². The molecule has 0 amide bonds. The third kappa shape index (κ3) is 3.23. The first-order valence-corrected chi connectivity index (χ1v) is 6.53. The second-order valence-electron chi connectivity index (χ2n) is 4.53. The van der Waals surface area contributed by atoms with Crippen molar-refractivity contribution < 1.29 is 9.52 Å². The first kappa shape index (κ1) is 12.9. The van der Waals surface area contributed by atoms with Gasteiger partial charge >= 0.3 is 0 Å². The van der Waals surface area contributed by atoms with Gasteiger partial charge in [-0.2, -0.15) is 4.98 Å². The summed E-state index contributed by atoms with van der Waals surface area (Å²) in [5, 5.41) is 12.2. The van der Waals surface area contributed by atoms with Crippen molar-refractivity contribution in [1.82, 2.24) is 4.98 Å². The number of aromatic nitrogens is 1. The van der Waals surface area contributed by atoms with Gasteiger partial charge in [0.1, 0.15) is 5.52 Å². The summed E-state index contributed by atoms with van der Waals surface area (Å²) in [6, 6.07) is 8.28. The maximum absolute atomic E-state index is 9.01. The number of aliphatic hydroxyl groups is 1. The molecule has 1 aromatic carbocycles. The zero-order valence-electron chi connectivity index (χ0n) is 10.7. The highest BCUT2D eigenvalue weighted by Crippen LogP contribution is 2.19. The molecule has 0 saturated carbocycles. The molecular weight excluding hydrogens is 228 g/mol. The normalized spacial score (nSPS) is 12.8. The van der Waals surface area contributed by atoms with E-state index in [4.69, 9.17) is 9.52 Å². The standard InChI is InChI=1S/C14H20N2O2/c1-2-5-11(8-9-17)10-15-14-16-12-6-3-4-7-13(12)18-14/h3-4,6-7,11,17H,2,5,8-10H2,1H3,(H,15,16). The molecule has 18 heavy (non-hydrogen) atoms. The fourth-order valence-electron chi connectivity index (χ4n) is 2.12. The minimum Gasteiger partial charge on any atom is -0.424 e. The molecule has 1 unspecified atom stereocenters. The Kier molecular flexibility index (Phi) is 4.59. The predicted octanol–water partition coefficient (Wildman–Crippen LogP) is 3.04. The number of rotatable bonds is 7. The lowest BCUT2D eigenvalue weighted by atomic mass is 10.0. The Morgan fingerprint density at radius 1 is 1.33 bits per heavy atom. The first-order valence-electron chi connectivity index (χ1n) is 6.53. The zero-order valence-corrected chi connectivity index (χ0v) is 10.7. The Labute approximate surface area is 107 Å². The summed E-state index contributed by atoms with van der Waals surface area (Å²) in [6.45, 7) is 3.19. The predicted molar refractivity (Wildman–Crippen MR) is 72.6 cm³/mol. The molecule has 0 fully saturated rings. The van der Waals surface area contributed by atoms with Gasteiger partial charge in [-0.3, -0.25) is 0 Å². The van der Waals surface area contributed by atoms with Gasteiger partial charge < -0.3 is 14.8 Å². The van der Waals surface area contributed by atoms with Gasteiger partial charge in [-0.1, -0.05) is 25.5 Å². The van der Waals surface area contributed by atoms with E-state index in [1.807, 2.05) is 24.3 Å².